The molecule has 0 spiro atoms. The third kappa shape index (κ3) is 6.91. The standard InChI is InChI=1S/C54H56O3P2/c1-32-11-15-40-44(23-32)58-46-28-34(13-17-42(46)55-40)25-35-14-18-43-47(29-35)59(45-24-33(2)12-16-41(45)56-43)49-31-37(20-22-53(6,7)8)27-39-51(49)57-50-38(54(39,9)10)26-36(30-48(50)58)19-21-52(3,4)5/h11-18,23-24,26-31H,19-22,25H2,1-10H3. The highest BCUT2D eigenvalue weighted by Crippen LogP contribution is 2.57. The van der Waals surface area contributed by atoms with Crippen molar-refractivity contribution in [2.24, 2.45) is 10.8 Å². The summed E-state index contributed by atoms with van der Waals surface area (Å²) in [5, 5.41) is 7.65. The van der Waals surface area contributed by atoms with Gasteiger partial charge < -0.3 is 14.2 Å². The number of benzene rings is 6. The largest absolute Gasteiger partial charge is 0.456 e. The summed E-state index contributed by atoms with van der Waals surface area (Å²) < 4.78 is 21.4. The second-order valence-corrected chi connectivity index (χ2v) is 24.7. The molecule has 0 saturated carbocycles. The number of hydrogen-bond donors (Lipinski definition) is 0. The first-order valence-electron chi connectivity index (χ1n) is 21.4. The Hall–Kier alpha value is -4.42. The van der Waals surface area contributed by atoms with Crippen molar-refractivity contribution in [1.82, 2.24) is 0 Å². The summed E-state index contributed by atoms with van der Waals surface area (Å²) in [7, 11) is -2.09. The van der Waals surface area contributed by atoms with Gasteiger partial charge in [0, 0.05) is 48.4 Å². The van der Waals surface area contributed by atoms with Gasteiger partial charge in [-0.05, 0) is 156 Å². The average Bonchev–Trinajstić information content (AvgIpc) is 3.17. The highest BCUT2D eigenvalue weighted by atomic mass is 31.1. The quantitative estimate of drug-likeness (QED) is 0.166. The van der Waals surface area contributed by atoms with E-state index in [1.807, 2.05) is 0 Å². The van der Waals surface area contributed by atoms with Gasteiger partial charge in [-0.2, -0.15) is 0 Å². The Morgan fingerprint density at radius 1 is 0.475 bits per heavy atom. The van der Waals surface area contributed by atoms with Gasteiger partial charge in [-0.15, -0.1) is 0 Å². The summed E-state index contributed by atoms with van der Waals surface area (Å²) in [6, 6.07) is 37.4. The molecule has 4 aliphatic rings. The zero-order chi connectivity index (χ0) is 41.2. The summed E-state index contributed by atoms with van der Waals surface area (Å²) in [5.41, 5.74) is 10.5. The maximum absolute atomic E-state index is 7.80. The summed E-state index contributed by atoms with van der Waals surface area (Å²) in [5.74, 6) is 5.86. The molecule has 2 unspecified atom stereocenters. The molecule has 4 heterocycles. The van der Waals surface area contributed by atoms with Crippen molar-refractivity contribution < 1.29 is 14.2 Å². The molecule has 10 rings (SSSR count). The van der Waals surface area contributed by atoms with E-state index in [9.17, 15) is 0 Å². The average molecular weight is 815 g/mol. The van der Waals surface area contributed by atoms with Gasteiger partial charge in [0.1, 0.15) is 34.5 Å². The molecule has 6 aromatic carbocycles. The van der Waals surface area contributed by atoms with Gasteiger partial charge in [0.05, 0.1) is 0 Å². The first-order chi connectivity index (χ1) is 28.0. The lowest BCUT2D eigenvalue weighted by molar-refractivity contribution is 0.377. The molecule has 0 saturated heterocycles. The maximum atomic E-state index is 7.80. The number of ether oxygens (including phenoxy) is 3. The van der Waals surface area contributed by atoms with Crippen LogP contribution in [0.15, 0.2) is 97.1 Å². The Morgan fingerprint density at radius 3 is 1.27 bits per heavy atom. The van der Waals surface area contributed by atoms with Crippen LogP contribution in [-0.4, -0.2) is 0 Å². The first kappa shape index (κ1) is 38.8. The predicted molar refractivity (Wildman–Crippen MR) is 250 cm³/mol. The van der Waals surface area contributed by atoms with Crippen molar-refractivity contribution >= 4 is 47.7 Å². The van der Waals surface area contributed by atoms with E-state index in [1.54, 1.807) is 0 Å². The van der Waals surface area contributed by atoms with E-state index in [1.165, 1.54) is 76.3 Å². The first-order valence-corrected chi connectivity index (χ1v) is 24.1. The minimum atomic E-state index is -1.05. The number of hydrogen-bond acceptors (Lipinski definition) is 3. The van der Waals surface area contributed by atoms with E-state index in [0.29, 0.717) is 0 Å². The van der Waals surface area contributed by atoms with Crippen LogP contribution in [0.3, 0.4) is 0 Å². The lowest BCUT2D eigenvalue weighted by Crippen LogP contribution is -2.35. The van der Waals surface area contributed by atoms with E-state index in [2.05, 4.69) is 166 Å². The molecule has 0 fully saturated rings. The Morgan fingerprint density at radius 2 is 0.864 bits per heavy atom. The van der Waals surface area contributed by atoms with Crippen LogP contribution in [0.4, 0.5) is 0 Å². The number of rotatable bonds is 4. The van der Waals surface area contributed by atoms with Gasteiger partial charge in [0.2, 0.25) is 0 Å². The molecule has 6 bridgehead atoms. The minimum absolute atomic E-state index is 0.212. The van der Waals surface area contributed by atoms with E-state index < -0.39 is 15.8 Å². The molecule has 0 amide bonds. The Balaban J connectivity index is 1.31. The number of fused-ring (bicyclic) bond motifs is 8. The van der Waals surface area contributed by atoms with Gasteiger partial charge in [-0.25, -0.2) is 0 Å². The van der Waals surface area contributed by atoms with Crippen LogP contribution in [0.25, 0.3) is 0 Å². The van der Waals surface area contributed by atoms with E-state index in [-0.39, 0.29) is 16.2 Å². The summed E-state index contributed by atoms with van der Waals surface area (Å²) >= 11 is 0. The van der Waals surface area contributed by atoms with Gasteiger partial charge in [0.15, 0.2) is 0 Å². The zero-order valence-electron chi connectivity index (χ0n) is 36.4. The van der Waals surface area contributed by atoms with Crippen LogP contribution < -0.4 is 46.0 Å². The van der Waals surface area contributed by atoms with E-state index in [4.69, 9.17) is 14.2 Å². The van der Waals surface area contributed by atoms with Gasteiger partial charge in [-0.1, -0.05) is 103 Å². The second-order valence-electron chi connectivity index (χ2n) is 20.4. The second kappa shape index (κ2) is 13.8. The smallest absolute Gasteiger partial charge is 0.139 e. The molecule has 5 heteroatoms. The topological polar surface area (TPSA) is 27.7 Å². The molecule has 0 radical (unpaired) electrons. The lowest BCUT2D eigenvalue weighted by atomic mass is 9.74. The van der Waals surface area contributed by atoms with E-state index in [0.717, 1.165) is 66.6 Å². The molecule has 2 atom stereocenters. The third-order valence-corrected chi connectivity index (χ3v) is 17.7. The Labute approximate surface area is 354 Å². The maximum Gasteiger partial charge on any atom is 0.139 e. The van der Waals surface area contributed by atoms with Crippen LogP contribution in [0, 0.1) is 24.7 Å². The highest BCUT2D eigenvalue weighted by Gasteiger charge is 2.43. The van der Waals surface area contributed by atoms with E-state index >= 15 is 0 Å². The minimum Gasteiger partial charge on any atom is -0.456 e. The fraction of sp³-hybridized carbons (Fsp3) is 0.333. The molecular formula is C54H56O3P2. The monoisotopic (exact) mass is 814 g/mol. The summed E-state index contributed by atoms with van der Waals surface area (Å²) in [6.45, 7) is 23.5. The molecule has 300 valence electrons. The third-order valence-electron chi connectivity index (χ3n) is 12.7. The van der Waals surface area contributed by atoms with Gasteiger partial charge >= 0.3 is 0 Å². The van der Waals surface area contributed by atoms with Crippen molar-refractivity contribution in [3.63, 3.8) is 0 Å². The molecular weight excluding hydrogens is 759 g/mol. The summed E-state index contributed by atoms with van der Waals surface area (Å²) in [6.07, 6.45) is 5.05. The highest BCUT2D eigenvalue weighted by molar-refractivity contribution is 7.81. The number of aryl methyl sites for hydroxylation is 4. The van der Waals surface area contributed by atoms with Crippen LogP contribution in [0.2, 0.25) is 0 Å². The predicted octanol–water partition coefficient (Wildman–Crippen LogP) is 12.3. The lowest BCUT2D eigenvalue weighted by Gasteiger charge is -2.41. The molecule has 0 aliphatic carbocycles. The van der Waals surface area contributed by atoms with Crippen LogP contribution in [-0.2, 0) is 24.7 Å². The fourth-order valence-corrected chi connectivity index (χ4v) is 14.8. The van der Waals surface area contributed by atoms with Crippen molar-refractivity contribution in [2.75, 3.05) is 0 Å². The van der Waals surface area contributed by atoms with Crippen molar-refractivity contribution in [1.29, 1.82) is 0 Å². The van der Waals surface area contributed by atoms with Gasteiger partial charge in [-0.3, -0.25) is 0 Å². The molecule has 6 aromatic rings. The van der Waals surface area contributed by atoms with Crippen molar-refractivity contribution in [2.45, 2.75) is 107 Å². The Bertz CT molecular complexity index is 2530. The zero-order valence-corrected chi connectivity index (χ0v) is 38.2. The molecule has 0 N–H and O–H groups in total. The Kier molecular flexibility index (Phi) is 9.07. The van der Waals surface area contributed by atoms with Crippen LogP contribution in [0.1, 0.15) is 113 Å². The van der Waals surface area contributed by atoms with Gasteiger partial charge in [0.25, 0.3) is 0 Å². The fourth-order valence-electron chi connectivity index (χ4n) is 9.29. The SMILES string of the molecule is Cc1ccc2c(c1)P1c3cc(ccc3O2)Cc2ccc3c(c2)P(c2cc(C)ccc2O3)c2cc(CCC(C)(C)C)cc3c2Oc2c1cc(CCC(C)(C)C)cc2C3(C)C. The molecule has 3 nitrogen and oxygen atoms in total. The van der Waals surface area contributed by atoms with Crippen molar-refractivity contribution in [3.8, 4) is 34.5 Å². The molecule has 0 aromatic heterocycles. The molecule has 59 heavy (non-hydrogen) atoms. The summed E-state index contributed by atoms with van der Waals surface area (Å²) in [4.78, 5) is 0. The molecule has 4 aliphatic heterocycles. The van der Waals surface area contributed by atoms with Crippen LogP contribution >= 0.6 is 15.8 Å². The van der Waals surface area contributed by atoms with Crippen LogP contribution in [0.5, 0.6) is 34.5 Å². The normalized spacial score (nSPS) is 17.7. The van der Waals surface area contributed by atoms with Crippen molar-refractivity contribution in [3.05, 3.63) is 142 Å².